The van der Waals surface area contributed by atoms with Crippen molar-refractivity contribution in [2.45, 2.75) is 45.4 Å². The highest BCUT2D eigenvalue weighted by Gasteiger charge is 2.22. The number of carbonyl (C=O) groups is 1. The van der Waals surface area contributed by atoms with Gasteiger partial charge in [-0.1, -0.05) is 66.7 Å². The Hall–Kier alpha value is -4.52. The fraction of sp³-hybridized carbons (Fsp3) is 0.273. The number of amides is 1. The highest BCUT2D eigenvalue weighted by atomic mass is 16.6. The Morgan fingerprint density at radius 2 is 1.70 bits per heavy atom. The van der Waals surface area contributed by atoms with Gasteiger partial charge in [-0.2, -0.15) is 5.10 Å². The molecule has 1 aliphatic carbocycles. The van der Waals surface area contributed by atoms with Crippen LogP contribution in [0.3, 0.4) is 0 Å². The van der Waals surface area contributed by atoms with Crippen LogP contribution in [0, 0.1) is 0 Å². The van der Waals surface area contributed by atoms with E-state index in [1.54, 1.807) is 16.7 Å². The van der Waals surface area contributed by atoms with Gasteiger partial charge in [-0.15, -0.1) is 0 Å². The lowest BCUT2D eigenvalue weighted by atomic mass is 9.91. The molecule has 40 heavy (non-hydrogen) atoms. The number of ether oxygens (including phenoxy) is 2. The number of nitrogen functional groups attached to an aromatic ring is 1. The van der Waals surface area contributed by atoms with Crippen LogP contribution in [0.1, 0.15) is 47.9 Å². The third-order valence-corrected chi connectivity index (χ3v) is 7.27. The summed E-state index contributed by atoms with van der Waals surface area (Å²) in [6.45, 7) is 0.995. The van der Waals surface area contributed by atoms with E-state index in [0.29, 0.717) is 18.9 Å². The van der Waals surface area contributed by atoms with Gasteiger partial charge in [0.2, 0.25) is 0 Å². The van der Waals surface area contributed by atoms with Crippen molar-refractivity contribution in [3.05, 3.63) is 107 Å². The number of aryl methyl sites for hydroxylation is 1. The molecule has 4 aromatic rings. The summed E-state index contributed by atoms with van der Waals surface area (Å²) in [5.74, 6) is 1.45. The van der Waals surface area contributed by atoms with Gasteiger partial charge in [0.05, 0.1) is 7.11 Å². The Labute approximate surface area is 235 Å². The topological polar surface area (TPSA) is 82.6 Å². The van der Waals surface area contributed by atoms with Gasteiger partial charge in [-0.05, 0) is 66.1 Å². The van der Waals surface area contributed by atoms with E-state index in [0.717, 1.165) is 58.5 Å². The molecule has 5 rings (SSSR count). The maximum Gasteiger partial charge on any atom is 0.410 e. The molecule has 0 bridgehead atoms. The summed E-state index contributed by atoms with van der Waals surface area (Å²) in [6.07, 6.45) is 6.35. The summed E-state index contributed by atoms with van der Waals surface area (Å²) < 4.78 is 12.8. The van der Waals surface area contributed by atoms with E-state index >= 15 is 0 Å². The molecule has 7 nitrogen and oxygen atoms in total. The normalized spacial score (nSPS) is 13.0. The van der Waals surface area contributed by atoms with Gasteiger partial charge in [0.25, 0.3) is 0 Å². The average molecular weight is 537 g/mol. The molecule has 0 radical (unpaired) electrons. The van der Waals surface area contributed by atoms with Crippen LogP contribution < -0.4 is 10.5 Å². The summed E-state index contributed by atoms with van der Waals surface area (Å²) in [6, 6.07) is 25.6. The Morgan fingerprint density at radius 1 is 0.950 bits per heavy atom. The minimum absolute atomic E-state index is 0.213. The minimum Gasteiger partial charge on any atom is -0.497 e. The molecule has 1 heterocycles. The molecular formula is C33H36N4O3. The molecule has 1 aliphatic rings. The van der Waals surface area contributed by atoms with Gasteiger partial charge in [0, 0.05) is 31.3 Å². The van der Waals surface area contributed by atoms with E-state index in [1.807, 2.05) is 73.8 Å². The van der Waals surface area contributed by atoms with Gasteiger partial charge in [-0.3, -0.25) is 9.58 Å². The number of carbonyl (C=O) groups excluding carboxylic acids is 1. The second-order valence-corrected chi connectivity index (χ2v) is 10.2. The molecule has 0 fully saturated rings. The first-order valence-corrected chi connectivity index (χ1v) is 13.7. The molecule has 3 aromatic carbocycles. The van der Waals surface area contributed by atoms with Gasteiger partial charge in [-0.25, -0.2) is 4.79 Å². The zero-order chi connectivity index (χ0) is 27.9. The second kappa shape index (κ2) is 12.6. The summed E-state index contributed by atoms with van der Waals surface area (Å²) >= 11 is 0. The molecule has 0 spiro atoms. The standard InChI is InChI=1S/C33H36N4O3/c1-36-32(34)30(27-13-7-4-8-14-27)31(35-36)28-15-9-12-26(20-28)22-37(21-24-16-18-29(39-2)19-17-24)33(38)40-23-25-10-5-3-6-11-25/h3,5-6,9-13,15-20H,4,7-8,14,21-23,34H2,1-2H3. The number of hydrogen-bond acceptors (Lipinski definition) is 5. The number of allylic oxidation sites excluding steroid dienone is 2. The number of methoxy groups -OCH3 is 1. The molecule has 7 heteroatoms. The SMILES string of the molecule is COc1ccc(CN(Cc2cccc(-c3nn(C)c(N)c3C3=CCCCC3)c2)C(=O)OCc2ccccc2)cc1. The van der Waals surface area contributed by atoms with Crippen LogP contribution in [0.15, 0.2) is 84.9 Å². The first-order valence-electron chi connectivity index (χ1n) is 13.7. The van der Waals surface area contributed by atoms with Crippen molar-refractivity contribution in [1.29, 1.82) is 0 Å². The maximum atomic E-state index is 13.4. The number of rotatable bonds is 9. The highest BCUT2D eigenvalue weighted by molar-refractivity contribution is 5.85. The van der Waals surface area contributed by atoms with E-state index in [9.17, 15) is 4.79 Å². The van der Waals surface area contributed by atoms with Crippen molar-refractivity contribution >= 4 is 17.5 Å². The van der Waals surface area contributed by atoms with Crippen molar-refractivity contribution in [2.75, 3.05) is 12.8 Å². The van der Waals surface area contributed by atoms with Gasteiger partial charge < -0.3 is 15.2 Å². The van der Waals surface area contributed by atoms with Crippen LogP contribution in [-0.2, 0) is 31.5 Å². The van der Waals surface area contributed by atoms with Gasteiger partial charge in [0.1, 0.15) is 23.9 Å². The fourth-order valence-electron chi connectivity index (χ4n) is 5.11. The van der Waals surface area contributed by atoms with Crippen molar-refractivity contribution < 1.29 is 14.3 Å². The Kier molecular flexibility index (Phi) is 8.50. The van der Waals surface area contributed by atoms with Crippen LogP contribution in [0.2, 0.25) is 0 Å². The van der Waals surface area contributed by atoms with E-state index in [-0.39, 0.29) is 12.7 Å². The number of nitrogens with zero attached hydrogens (tertiary/aromatic N) is 3. The zero-order valence-electron chi connectivity index (χ0n) is 23.2. The fourth-order valence-corrected chi connectivity index (χ4v) is 5.11. The van der Waals surface area contributed by atoms with Gasteiger partial charge >= 0.3 is 6.09 Å². The molecule has 0 unspecified atom stereocenters. The number of benzene rings is 3. The predicted molar refractivity (Wildman–Crippen MR) is 158 cm³/mol. The number of aromatic nitrogens is 2. The third kappa shape index (κ3) is 6.37. The average Bonchev–Trinajstić information content (AvgIpc) is 3.30. The lowest BCUT2D eigenvalue weighted by molar-refractivity contribution is 0.0910. The van der Waals surface area contributed by atoms with E-state index in [1.165, 1.54) is 12.0 Å². The lowest BCUT2D eigenvalue weighted by Gasteiger charge is -2.23. The molecule has 2 N–H and O–H groups in total. The van der Waals surface area contributed by atoms with E-state index in [2.05, 4.69) is 18.2 Å². The maximum absolute atomic E-state index is 13.4. The first-order chi connectivity index (χ1) is 19.5. The first kappa shape index (κ1) is 27.1. The van der Waals surface area contributed by atoms with E-state index in [4.69, 9.17) is 20.3 Å². The molecule has 0 saturated heterocycles. The highest BCUT2D eigenvalue weighted by Crippen LogP contribution is 2.37. The molecule has 0 aliphatic heterocycles. The number of nitrogens with two attached hydrogens (primary N) is 1. The Balaban J connectivity index is 1.41. The quantitative estimate of drug-likeness (QED) is 0.250. The minimum atomic E-state index is -0.375. The summed E-state index contributed by atoms with van der Waals surface area (Å²) in [7, 11) is 3.52. The van der Waals surface area contributed by atoms with Crippen molar-refractivity contribution in [3.63, 3.8) is 0 Å². The summed E-state index contributed by atoms with van der Waals surface area (Å²) in [5.41, 5.74) is 13.6. The monoisotopic (exact) mass is 536 g/mol. The molecule has 1 aromatic heterocycles. The van der Waals surface area contributed by atoms with Crippen LogP contribution in [-0.4, -0.2) is 27.9 Å². The molecule has 0 saturated carbocycles. The van der Waals surface area contributed by atoms with E-state index < -0.39 is 0 Å². The van der Waals surface area contributed by atoms with Gasteiger partial charge in [0.15, 0.2) is 0 Å². The molecular weight excluding hydrogens is 500 g/mol. The van der Waals surface area contributed by atoms with Crippen LogP contribution >= 0.6 is 0 Å². The lowest BCUT2D eigenvalue weighted by Crippen LogP contribution is -2.30. The third-order valence-electron chi connectivity index (χ3n) is 7.27. The number of hydrogen-bond donors (Lipinski definition) is 1. The van der Waals surface area contributed by atoms with Crippen molar-refractivity contribution in [3.8, 4) is 17.0 Å². The molecule has 206 valence electrons. The molecule has 0 atom stereocenters. The Bertz CT molecular complexity index is 1480. The van der Waals surface area contributed by atoms with Crippen LogP contribution in [0.5, 0.6) is 5.75 Å². The summed E-state index contributed by atoms with van der Waals surface area (Å²) in [5, 5.41) is 4.79. The van der Waals surface area contributed by atoms with Crippen molar-refractivity contribution in [1.82, 2.24) is 14.7 Å². The largest absolute Gasteiger partial charge is 0.497 e. The Morgan fingerprint density at radius 3 is 2.42 bits per heavy atom. The smallest absolute Gasteiger partial charge is 0.410 e. The predicted octanol–water partition coefficient (Wildman–Crippen LogP) is 6.97. The van der Waals surface area contributed by atoms with Crippen molar-refractivity contribution in [2.24, 2.45) is 7.05 Å². The van der Waals surface area contributed by atoms with Crippen LogP contribution in [0.25, 0.3) is 16.8 Å². The molecule has 1 amide bonds. The van der Waals surface area contributed by atoms with Crippen LogP contribution in [0.4, 0.5) is 10.6 Å². The second-order valence-electron chi connectivity index (χ2n) is 10.2. The number of anilines is 1. The zero-order valence-corrected chi connectivity index (χ0v) is 23.2. The summed E-state index contributed by atoms with van der Waals surface area (Å²) in [4.78, 5) is 15.1.